The predicted molar refractivity (Wildman–Crippen MR) is 151 cm³/mol. The Balaban J connectivity index is 0.00000370. The second-order valence-corrected chi connectivity index (χ2v) is 12.1. The molecule has 2 N–H and O–H groups in total. The molecule has 1 amide bonds. The summed E-state index contributed by atoms with van der Waals surface area (Å²) in [6.45, 7) is 0. The van der Waals surface area contributed by atoms with Gasteiger partial charge in [0.1, 0.15) is 0 Å². The monoisotopic (exact) mass is 618 g/mol. The molecule has 2 aromatic carbocycles. The van der Waals surface area contributed by atoms with Crippen molar-refractivity contribution in [2.24, 2.45) is 0 Å². The number of anilines is 2. The van der Waals surface area contributed by atoms with E-state index in [0.717, 1.165) is 37.1 Å². The Morgan fingerprint density at radius 1 is 0.925 bits per heavy atom. The summed E-state index contributed by atoms with van der Waals surface area (Å²) in [5.74, 6) is 0.770. The topological polar surface area (TPSA) is 132 Å². The number of aromatic nitrogens is 5. The number of nitrogens with one attached hydrogen (secondary N) is 2. The van der Waals surface area contributed by atoms with Gasteiger partial charge in [0, 0.05) is 17.3 Å². The van der Waals surface area contributed by atoms with Crippen LogP contribution in [0.4, 0.5) is 11.5 Å². The predicted octanol–water partition coefficient (Wildman–Crippen LogP) is 2.43. The molecule has 2 aromatic heterocycles. The van der Waals surface area contributed by atoms with Crippen LogP contribution in [0.2, 0.25) is 5.15 Å². The fraction of sp³-hybridized carbons (Fsp3) is 0.269. The number of halogens is 2. The van der Waals surface area contributed by atoms with E-state index in [1.807, 2.05) is 30.3 Å². The lowest BCUT2D eigenvalue weighted by atomic mass is 9.95. The number of carbonyl (C=O) groups excluding carboxylic acids is 1. The molecule has 1 saturated carbocycles. The average Bonchev–Trinajstić information content (AvgIpc) is 3.38. The fourth-order valence-electron chi connectivity index (χ4n) is 4.44. The van der Waals surface area contributed by atoms with Crippen LogP contribution in [0.5, 0.6) is 0 Å². The fourth-order valence-corrected chi connectivity index (χ4v) is 6.34. The van der Waals surface area contributed by atoms with Crippen molar-refractivity contribution in [2.75, 3.05) is 15.8 Å². The molecule has 5 rings (SSSR count). The van der Waals surface area contributed by atoms with Crippen molar-refractivity contribution in [1.82, 2.24) is 25.0 Å². The number of rotatable bonds is 9. The molecule has 2 heterocycles. The Morgan fingerprint density at radius 2 is 1.65 bits per heavy atom. The first-order valence-electron chi connectivity index (χ1n) is 12.4. The molecule has 4 aromatic rings. The Kier molecular flexibility index (Phi) is 10.0. The third-order valence-corrected chi connectivity index (χ3v) is 8.80. The molecule has 40 heavy (non-hydrogen) atoms. The molecular formula is C26H26Cl2N7O3S2-. The second kappa shape index (κ2) is 13.4. The van der Waals surface area contributed by atoms with Crippen LogP contribution >= 0.6 is 23.4 Å². The standard InChI is InChI=1S/C26H26ClN7O3S2.ClH/c27-22-15-16-23(30-29-22)33-39(36,37)21-13-11-19(12-14-21)28-24(35)17-38-26-32-31-25(18-7-3-1-4-8-18)34(26)20-9-5-2-6-10-20;/h1,3-4,7-8,11-16,20H,2,5-6,9-10,17H2,(H,28,35)(H,30,33);1H/p-1. The summed E-state index contributed by atoms with van der Waals surface area (Å²) < 4.78 is 29.8. The van der Waals surface area contributed by atoms with Gasteiger partial charge in [-0.15, -0.1) is 20.4 Å². The first kappa shape index (κ1) is 29.8. The Labute approximate surface area is 247 Å². The maximum Gasteiger partial charge on any atom is 0.263 e. The van der Waals surface area contributed by atoms with Crippen LogP contribution in [-0.2, 0) is 14.8 Å². The lowest BCUT2D eigenvalue weighted by molar-refractivity contribution is -0.113. The molecule has 0 bridgehead atoms. The summed E-state index contributed by atoms with van der Waals surface area (Å²) in [4.78, 5) is 12.8. The Bertz CT molecular complexity index is 1530. The first-order valence-corrected chi connectivity index (χ1v) is 15.3. The molecule has 0 aliphatic heterocycles. The summed E-state index contributed by atoms with van der Waals surface area (Å²) in [5, 5.41) is 19.9. The number of carbonyl (C=O) groups is 1. The molecular weight excluding hydrogens is 593 g/mol. The molecule has 0 saturated heterocycles. The molecule has 1 aliphatic rings. The number of hydrogen-bond acceptors (Lipinski definition) is 8. The van der Waals surface area contributed by atoms with E-state index in [2.05, 4.69) is 35.0 Å². The zero-order valence-electron chi connectivity index (χ0n) is 21.2. The Morgan fingerprint density at radius 3 is 2.33 bits per heavy atom. The van der Waals surface area contributed by atoms with Crippen LogP contribution < -0.4 is 22.4 Å². The molecule has 10 nitrogen and oxygen atoms in total. The van der Waals surface area contributed by atoms with E-state index in [1.165, 1.54) is 54.6 Å². The molecule has 1 aliphatic carbocycles. The minimum Gasteiger partial charge on any atom is -1.00 e. The summed E-state index contributed by atoms with van der Waals surface area (Å²) in [7, 11) is -3.88. The normalized spacial score (nSPS) is 13.8. The van der Waals surface area contributed by atoms with Gasteiger partial charge in [0.25, 0.3) is 10.0 Å². The van der Waals surface area contributed by atoms with Gasteiger partial charge in [-0.3, -0.25) is 14.1 Å². The van der Waals surface area contributed by atoms with Gasteiger partial charge in [-0.2, -0.15) is 0 Å². The van der Waals surface area contributed by atoms with Crippen molar-refractivity contribution < 1.29 is 25.6 Å². The van der Waals surface area contributed by atoms with E-state index in [1.54, 1.807) is 0 Å². The summed E-state index contributed by atoms with van der Waals surface area (Å²) in [6, 6.07) is 19.0. The van der Waals surface area contributed by atoms with E-state index in [-0.39, 0.29) is 39.9 Å². The summed E-state index contributed by atoms with van der Waals surface area (Å²) in [5.41, 5.74) is 1.48. The lowest BCUT2D eigenvalue weighted by Crippen LogP contribution is -3.00. The van der Waals surface area contributed by atoms with Crippen LogP contribution in [-0.4, -0.2) is 45.0 Å². The van der Waals surface area contributed by atoms with E-state index in [4.69, 9.17) is 11.6 Å². The van der Waals surface area contributed by atoms with E-state index >= 15 is 0 Å². The number of thioether (sulfide) groups is 1. The summed E-state index contributed by atoms with van der Waals surface area (Å²) >= 11 is 7.03. The first-order chi connectivity index (χ1) is 18.9. The van der Waals surface area contributed by atoms with Crippen LogP contribution in [0.15, 0.2) is 76.8 Å². The number of benzene rings is 2. The number of hydrogen-bond donors (Lipinski definition) is 2. The third-order valence-electron chi connectivity index (χ3n) is 6.29. The SMILES string of the molecule is O=C(CSc1nnc(-c2ccccc2)n1C1CCCCC1)Nc1ccc(S(=O)(=O)Nc2ccc(Cl)nn2)cc1.[Cl-]. The molecule has 210 valence electrons. The van der Waals surface area contributed by atoms with Crippen molar-refractivity contribution >= 4 is 50.8 Å². The highest BCUT2D eigenvalue weighted by molar-refractivity contribution is 7.99. The van der Waals surface area contributed by atoms with Gasteiger partial charge in [-0.25, -0.2) is 8.42 Å². The zero-order chi connectivity index (χ0) is 27.2. The van der Waals surface area contributed by atoms with E-state index in [9.17, 15) is 13.2 Å². The highest BCUT2D eigenvalue weighted by Gasteiger charge is 2.24. The quantitative estimate of drug-likeness (QED) is 0.273. The molecule has 14 heteroatoms. The minimum absolute atomic E-state index is 0. The molecule has 0 atom stereocenters. The van der Waals surface area contributed by atoms with Crippen LogP contribution in [0.1, 0.15) is 38.1 Å². The second-order valence-electron chi connectivity index (χ2n) is 9.04. The van der Waals surface area contributed by atoms with Crippen molar-refractivity contribution in [3.05, 3.63) is 71.9 Å². The maximum atomic E-state index is 12.8. The van der Waals surface area contributed by atoms with Gasteiger partial charge in [-0.1, -0.05) is 73.0 Å². The van der Waals surface area contributed by atoms with Crippen molar-refractivity contribution in [1.29, 1.82) is 0 Å². The van der Waals surface area contributed by atoms with Crippen molar-refractivity contribution in [2.45, 2.75) is 48.2 Å². The summed E-state index contributed by atoms with van der Waals surface area (Å²) in [6.07, 6.45) is 5.68. The number of nitrogens with zero attached hydrogens (tertiary/aromatic N) is 5. The molecule has 0 spiro atoms. The van der Waals surface area contributed by atoms with Gasteiger partial charge < -0.3 is 17.7 Å². The lowest BCUT2D eigenvalue weighted by Gasteiger charge is -2.25. The van der Waals surface area contributed by atoms with Gasteiger partial charge in [0.05, 0.1) is 10.6 Å². The maximum absolute atomic E-state index is 12.8. The average molecular weight is 620 g/mol. The molecule has 0 unspecified atom stereocenters. The van der Waals surface area contributed by atoms with Gasteiger partial charge in [0.2, 0.25) is 5.91 Å². The van der Waals surface area contributed by atoms with Crippen LogP contribution in [0, 0.1) is 0 Å². The van der Waals surface area contributed by atoms with Crippen LogP contribution in [0.25, 0.3) is 11.4 Å². The van der Waals surface area contributed by atoms with Crippen molar-refractivity contribution in [3.63, 3.8) is 0 Å². The van der Waals surface area contributed by atoms with Gasteiger partial charge >= 0.3 is 0 Å². The minimum atomic E-state index is -3.88. The molecule has 1 fully saturated rings. The van der Waals surface area contributed by atoms with Crippen molar-refractivity contribution in [3.8, 4) is 11.4 Å². The van der Waals surface area contributed by atoms with E-state index < -0.39 is 10.0 Å². The van der Waals surface area contributed by atoms with Gasteiger partial charge in [0.15, 0.2) is 22.0 Å². The molecule has 0 radical (unpaired) electrons. The van der Waals surface area contributed by atoms with Gasteiger partial charge in [-0.05, 0) is 49.2 Å². The van der Waals surface area contributed by atoms with Crippen LogP contribution in [0.3, 0.4) is 0 Å². The largest absolute Gasteiger partial charge is 1.00 e. The van der Waals surface area contributed by atoms with E-state index in [0.29, 0.717) is 16.9 Å². The highest BCUT2D eigenvalue weighted by Crippen LogP contribution is 2.35. The zero-order valence-corrected chi connectivity index (χ0v) is 24.3. The highest BCUT2D eigenvalue weighted by atomic mass is 35.5. The number of amides is 1. The third kappa shape index (κ3) is 7.30. The number of sulfonamides is 1. The Hall–Kier alpha value is -3.19. The smallest absolute Gasteiger partial charge is 0.263 e.